The number of hydrogen-bond donors (Lipinski definition) is 1. The van der Waals surface area contributed by atoms with Crippen LogP contribution < -0.4 is 15.2 Å². The van der Waals surface area contributed by atoms with Crippen molar-refractivity contribution in [3.8, 4) is 11.5 Å². The summed E-state index contributed by atoms with van der Waals surface area (Å²) in [6.45, 7) is 1.88. The maximum absolute atomic E-state index is 11.5. The summed E-state index contributed by atoms with van der Waals surface area (Å²) in [4.78, 5) is 11.5. The summed E-state index contributed by atoms with van der Waals surface area (Å²) in [5.74, 6) is 0.780. The van der Waals surface area contributed by atoms with E-state index < -0.39 is 0 Å². The highest BCUT2D eigenvalue weighted by atomic mass is 16.5. The lowest BCUT2D eigenvalue weighted by Crippen LogP contribution is -2.05. The number of anilines is 1. The van der Waals surface area contributed by atoms with Crippen molar-refractivity contribution in [3.05, 3.63) is 53.6 Å². The number of benzene rings is 2. The fraction of sp³-hybridized carbons (Fsp3) is 0.188. The molecule has 20 heavy (non-hydrogen) atoms. The molecule has 2 rings (SSSR count). The molecule has 2 aromatic carbocycles. The molecule has 4 heteroatoms. The van der Waals surface area contributed by atoms with E-state index >= 15 is 0 Å². The van der Waals surface area contributed by atoms with Crippen molar-refractivity contribution in [2.24, 2.45) is 0 Å². The molecule has 0 aromatic heterocycles. The van der Waals surface area contributed by atoms with Gasteiger partial charge in [-0.2, -0.15) is 0 Å². The first-order valence-corrected chi connectivity index (χ1v) is 6.27. The Morgan fingerprint density at radius 3 is 2.45 bits per heavy atom. The summed E-state index contributed by atoms with van der Waals surface area (Å²) >= 11 is 0. The van der Waals surface area contributed by atoms with Crippen molar-refractivity contribution < 1.29 is 14.3 Å². The molecule has 0 aliphatic carbocycles. The van der Waals surface area contributed by atoms with E-state index in [2.05, 4.69) is 0 Å². The Kier molecular flexibility index (Phi) is 4.25. The van der Waals surface area contributed by atoms with Crippen molar-refractivity contribution in [3.63, 3.8) is 0 Å². The van der Waals surface area contributed by atoms with Crippen LogP contribution in [0.15, 0.2) is 42.5 Å². The van der Waals surface area contributed by atoms with E-state index in [-0.39, 0.29) is 5.78 Å². The van der Waals surface area contributed by atoms with Gasteiger partial charge in [-0.1, -0.05) is 30.3 Å². The van der Waals surface area contributed by atoms with Gasteiger partial charge >= 0.3 is 0 Å². The van der Waals surface area contributed by atoms with Crippen molar-refractivity contribution in [2.75, 3.05) is 12.8 Å². The maximum atomic E-state index is 11.5. The molecular formula is C16H17NO3. The third-order valence-electron chi connectivity index (χ3n) is 2.98. The lowest BCUT2D eigenvalue weighted by molar-refractivity contribution is 0.101. The molecule has 0 atom stereocenters. The van der Waals surface area contributed by atoms with Crippen molar-refractivity contribution >= 4 is 11.5 Å². The summed E-state index contributed by atoms with van der Waals surface area (Å²) in [7, 11) is 1.49. The van der Waals surface area contributed by atoms with Gasteiger partial charge in [0, 0.05) is 0 Å². The summed E-state index contributed by atoms with van der Waals surface area (Å²) in [5, 5.41) is 0. The topological polar surface area (TPSA) is 61.5 Å². The quantitative estimate of drug-likeness (QED) is 0.670. The molecular weight excluding hydrogens is 254 g/mol. The molecule has 0 saturated carbocycles. The summed E-state index contributed by atoms with van der Waals surface area (Å²) < 4.78 is 10.9. The third kappa shape index (κ3) is 2.91. The van der Waals surface area contributed by atoms with E-state index in [1.165, 1.54) is 14.0 Å². The fourth-order valence-corrected chi connectivity index (χ4v) is 1.94. The number of Topliss-reactive ketones (excluding diaryl/α,β-unsaturated/α-hetero) is 1. The molecule has 4 nitrogen and oxygen atoms in total. The molecule has 104 valence electrons. The van der Waals surface area contributed by atoms with Crippen LogP contribution in [-0.2, 0) is 6.61 Å². The van der Waals surface area contributed by atoms with Crippen LogP contribution in [0.4, 0.5) is 5.69 Å². The average Bonchev–Trinajstić information content (AvgIpc) is 2.46. The predicted molar refractivity (Wildman–Crippen MR) is 78.2 cm³/mol. The molecule has 0 aliphatic heterocycles. The number of ether oxygens (including phenoxy) is 2. The highest BCUT2D eigenvalue weighted by Crippen LogP contribution is 2.35. The van der Waals surface area contributed by atoms with Gasteiger partial charge in [0.1, 0.15) is 18.0 Å². The molecule has 0 heterocycles. The minimum atomic E-state index is -0.0943. The molecule has 0 spiro atoms. The first-order valence-electron chi connectivity index (χ1n) is 6.27. The molecule has 0 bridgehead atoms. The first-order chi connectivity index (χ1) is 9.63. The molecule has 0 unspecified atom stereocenters. The van der Waals surface area contributed by atoms with Gasteiger partial charge in [0.05, 0.1) is 12.7 Å². The van der Waals surface area contributed by atoms with Crippen LogP contribution in [0.3, 0.4) is 0 Å². The molecule has 2 N–H and O–H groups in total. The molecule has 0 amide bonds. The van der Waals surface area contributed by atoms with Gasteiger partial charge in [-0.3, -0.25) is 4.79 Å². The van der Waals surface area contributed by atoms with Gasteiger partial charge in [0.2, 0.25) is 0 Å². The van der Waals surface area contributed by atoms with Crippen LogP contribution in [0.25, 0.3) is 0 Å². The van der Waals surface area contributed by atoms with E-state index in [1.54, 1.807) is 12.1 Å². The molecule has 0 fully saturated rings. The molecule has 0 saturated heterocycles. The van der Waals surface area contributed by atoms with Gasteiger partial charge in [0.25, 0.3) is 0 Å². The lowest BCUT2D eigenvalue weighted by atomic mass is 10.1. The van der Waals surface area contributed by atoms with Crippen LogP contribution in [-0.4, -0.2) is 12.9 Å². The highest BCUT2D eigenvalue weighted by Gasteiger charge is 2.15. The fourth-order valence-electron chi connectivity index (χ4n) is 1.94. The summed E-state index contributed by atoms with van der Waals surface area (Å²) in [6.07, 6.45) is 0. The van der Waals surface area contributed by atoms with E-state index in [9.17, 15) is 4.79 Å². The van der Waals surface area contributed by atoms with Crippen LogP contribution in [0, 0.1) is 0 Å². The van der Waals surface area contributed by atoms with E-state index in [4.69, 9.17) is 15.2 Å². The number of hydrogen-bond acceptors (Lipinski definition) is 4. The Morgan fingerprint density at radius 2 is 1.85 bits per heavy atom. The lowest BCUT2D eigenvalue weighted by Gasteiger charge is -2.14. The van der Waals surface area contributed by atoms with Crippen LogP contribution in [0.5, 0.6) is 11.5 Å². The molecule has 2 aromatic rings. The minimum Gasteiger partial charge on any atom is -0.494 e. The van der Waals surface area contributed by atoms with Crippen molar-refractivity contribution in [2.45, 2.75) is 13.5 Å². The number of nitrogen functional groups attached to an aromatic ring is 1. The van der Waals surface area contributed by atoms with Crippen molar-refractivity contribution in [1.29, 1.82) is 0 Å². The van der Waals surface area contributed by atoms with E-state index in [0.29, 0.717) is 29.4 Å². The largest absolute Gasteiger partial charge is 0.494 e. The third-order valence-corrected chi connectivity index (χ3v) is 2.98. The van der Waals surface area contributed by atoms with Crippen molar-refractivity contribution in [1.82, 2.24) is 0 Å². The van der Waals surface area contributed by atoms with Crippen LogP contribution in [0.1, 0.15) is 22.8 Å². The standard InChI is InChI=1S/C16H17NO3/c1-11(18)13-8-9-14(15(17)16(13)19-2)20-10-12-6-4-3-5-7-12/h3-9H,10,17H2,1-2H3. The number of nitrogens with two attached hydrogens (primary N) is 1. The van der Waals surface area contributed by atoms with Crippen LogP contribution in [0.2, 0.25) is 0 Å². The second-order valence-electron chi connectivity index (χ2n) is 4.39. The summed E-state index contributed by atoms with van der Waals surface area (Å²) in [6, 6.07) is 13.1. The number of rotatable bonds is 5. The number of ketones is 1. The Hall–Kier alpha value is -2.49. The SMILES string of the molecule is COc1c(C(C)=O)ccc(OCc2ccccc2)c1N. The number of carbonyl (C=O) groups excluding carboxylic acids is 1. The number of carbonyl (C=O) groups is 1. The monoisotopic (exact) mass is 271 g/mol. The second-order valence-corrected chi connectivity index (χ2v) is 4.39. The smallest absolute Gasteiger partial charge is 0.163 e. The van der Waals surface area contributed by atoms with Gasteiger partial charge in [0.15, 0.2) is 11.5 Å². The Morgan fingerprint density at radius 1 is 1.15 bits per heavy atom. The minimum absolute atomic E-state index is 0.0943. The first kappa shape index (κ1) is 13.9. The zero-order valence-electron chi connectivity index (χ0n) is 11.6. The Labute approximate surface area is 118 Å². The number of methoxy groups -OCH3 is 1. The van der Waals surface area contributed by atoms with E-state index in [1.807, 2.05) is 30.3 Å². The van der Waals surface area contributed by atoms with Gasteiger partial charge < -0.3 is 15.2 Å². The second kappa shape index (κ2) is 6.10. The molecule has 0 aliphatic rings. The Bertz CT molecular complexity index is 609. The van der Waals surface area contributed by atoms with Gasteiger partial charge in [-0.15, -0.1) is 0 Å². The average molecular weight is 271 g/mol. The van der Waals surface area contributed by atoms with Gasteiger partial charge in [-0.05, 0) is 24.6 Å². The summed E-state index contributed by atoms with van der Waals surface area (Å²) in [5.41, 5.74) is 7.84. The normalized spacial score (nSPS) is 10.1. The maximum Gasteiger partial charge on any atom is 0.163 e. The van der Waals surface area contributed by atoms with Gasteiger partial charge in [-0.25, -0.2) is 0 Å². The highest BCUT2D eigenvalue weighted by molar-refractivity contribution is 5.99. The zero-order valence-corrected chi connectivity index (χ0v) is 11.6. The predicted octanol–water partition coefficient (Wildman–Crippen LogP) is 3.06. The molecule has 0 radical (unpaired) electrons. The zero-order chi connectivity index (χ0) is 14.5. The van der Waals surface area contributed by atoms with Crippen LogP contribution >= 0.6 is 0 Å². The Balaban J connectivity index is 2.23. The van der Waals surface area contributed by atoms with E-state index in [0.717, 1.165) is 5.56 Å².